The summed E-state index contributed by atoms with van der Waals surface area (Å²) in [6.07, 6.45) is 2.20. The third kappa shape index (κ3) is 3.41. The SMILES string of the molecule is CC(C)(C)C(=Cc1ccccc1)B1OC(C)(C)C(C)(C)O1. The van der Waals surface area contributed by atoms with E-state index in [-0.39, 0.29) is 23.7 Å². The van der Waals surface area contributed by atoms with E-state index >= 15 is 0 Å². The maximum Gasteiger partial charge on any atom is 0.491 e. The van der Waals surface area contributed by atoms with E-state index in [1.165, 1.54) is 11.0 Å². The largest absolute Gasteiger partial charge is 0.491 e. The fourth-order valence-electron chi connectivity index (χ4n) is 2.34. The van der Waals surface area contributed by atoms with Gasteiger partial charge in [0.15, 0.2) is 0 Å². The van der Waals surface area contributed by atoms with Crippen LogP contribution in [0.4, 0.5) is 0 Å². The summed E-state index contributed by atoms with van der Waals surface area (Å²) in [7, 11) is -0.296. The van der Waals surface area contributed by atoms with Gasteiger partial charge < -0.3 is 9.31 Å². The molecule has 1 aromatic carbocycles. The molecule has 0 bridgehead atoms. The Bertz CT molecular complexity index is 508. The van der Waals surface area contributed by atoms with Crippen molar-refractivity contribution < 1.29 is 9.31 Å². The molecule has 3 heteroatoms. The van der Waals surface area contributed by atoms with Gasteiger partial charge in [-0.15, -0.1) is 0 Å². The van der Waals surface area contributed by atoms with Crippen molar-refractivity contribution in [1.29, 1.82) is 0 Å². The second-order valence-corrected chi connectivity index (χ2v) is 7.85. The molecule has 0 aromatic heterocycles. The van der Waals surface area contributed by atoms with Crippen LogP contribution in [0.1, 0.15) is 54.0 Å². The molecule has 0 N–H and O–H groups in total. The van der Waals surface area contributed by atoms with E-state index in [0.717, 1.165) is 0 Å². The zero-order chi connectivity index (χ0) is 15.9. The smallest absolute Gasteiger partial charge is 0.400 e. The molecule has 0 amide bonds. The molecule has 0 radical (unpaired) electrons. The Kier molecular flexibility index (Phi) is 4.11. The minimum Gasteiger partial charge on any atom is -0.400 e. The average molecular weight is 286 g/mol. The van der Waals surface area contributed by atoms with Crippen molar-refractivity contribution in [3.63, 3.8) is 0 Å². The Morgan fingerprint density at radius 3 is 1.86 bits per heavy atom. The highest BCUT2D eigenvalue weighted by molar-refractivity contribution is 6.56. The summed E-state index contributed by atoms with van der Waals surface area (Å²) in [6.45, 7) is 15.0. The summed E-state index contributed by atoms with van der Waals surface area (Å²) in [6, 6.07) is 10.4. The molecule has 0 aliphatic carbocycles. The molecule has 1 aliphatic rings. The van der Waals surface area contributed by atoms with Gasteiger partial charge in [-0.2, -0.15) is 0 Å². The van der Waals surface area contributed by atoms with Gasteiger partial charge in [0, 0.05) is 0 Å². The minimum atomic E-state index is -0.307. The lowest BCUT2D eigenvalue weighted by molar-refractivity contribution is 0.00578. The van der Waals surface area contributed by atoms with Crippen molar-refractivity contribution in [2.45, 2.75) is 59.7 Å². The lowest BCUT2D eigenvalue weighted by Gasteiger charge is -2.32. The number of benzene rings is 1. The maximum absolute atomic E-state index is 6.23. The van der Waals surface area contributed by atoms with Crippen LogP contribution in [0, 0.1) is 5.41 Å². The zero-order valence-corrected chi connectivity index (χ0v) is 14.4. The Hall–Kier alpha value is -1.06. The summed E-state index contributed by atoms with van der Waals surface area (Å²) in [5.74, 6) is 0. The van der Waals surface area contributed by atoms with Crippen LogP contribution >= 0.6 is 0 Å². The maximum atomic E-state index is 6.23. The summed E-state index contributed by atoms with van der Waals surface area (Å²) >= 11 is 0. The Labute approximate surface area is 129 Å². The van der Waals surface area contributed by atoms with Crippen LogP contribution in [0.15, 0.2) is 35.8 Å². The quantitative estimate of drug-likeness (QED) is 0.730. The van der Waals surface area contributed by atoms with Gasteiger partial charge in [-0.1, -0.05) is 57.2 Å². The van der Waals surface area contributed by atoms with E-state index in [9.17, 15) is 0 Å². The van der Waals surface area contributed by atoms with Crippen molar-refractivity contribution in [2.24, 2.45) is 5.41 Å². The second-order valence-electron chi connectivity index (χ2n) is 7.85. The molecule has 1 aromatic rings. The van der Waals surface area contributed by atoms with Crippen molar-refractivity contribution in [1.82, 2.24) is 0 Å². The highest BCUT2D eigenvalue weighted by atomic mass is 16.7. The Morgan fingerprint density at radius 1 is 0.952 bits per heavy atom. The third-order valence-electron chi connectivity index (χ3n) is 4.49. The first-order valence-corrected chi connectivity index (χ1v) is 7.66. The third-order valence-corrected chi connectivity index (χ3v) is 4.49. The summed E-state index contributed by atoms with van der Waals surface area (Å²) in [5, 5.41) is 0. The first-order valence-electron chi connectivity index (χ1n) is 7.66. The first kappa shape index (κ1) is 16.3. The van der Waals surface area contributed by atoms with Crippen LogP contribution in [0.2, 0.25) is 0 Å². The number of allylic oxidation sites excluding steroid dienone is 1. The lowest BCUT2D eigenvalue weighted by atomic mass is 9.64. The van der Waals surface area contributed by atoms with Crippen LogP contribution < -0.4 is 0 Å². The van der Waals surface area contributed by atoms with Crippen LogP contribution in [-0.4, -0.2) is 18.3 Å². The van der Waals surface area contributed by atoms with Crippen LogP contribution in [0.3, 0.4) is 0 Å². The second kappa shape index (κ2) is 5.29. The fourth-order valence-corrected chi connectivity index (χ4v) is 2.34. The van der Waals surface area contributed by atoms with Crippen LogP contribution in [0.5, 0.6) is 0 Å². The summed E-state index contributed by atoms with van der Waals surface area (Å²) < 4.78 is 12.5. The molecule has 0 unspecified atom stereocenters. The number of hydrogen-bond donors (Lipinski definition) is 0. The summed E-state index contributed by atoms with van der Waals surface area (Å²) in [5.41, 5.74) is 1.72. The normalized spacial score (nSPS) is 21.7. The fraction of sp³-hybridized carbons (Fsp3) is 0.556. The first-order chi connectivity index (χ1) is 9.53. The van der Waals surface area contributed by atoms with Crippen molar-refractivity contribution in [3.8, 4) is 0 Å². The molecule has 2 rings (SSSR count). The zero-order valence-electron chi connectivity index (χ0n) is 14.4. The molecular formula is C18H27BO2. The molecule has 0 saturated carbocycles. The highest BCUT2D eigenvalue weighted by Gasteiger charge is 2.53. The molecule has 21 heavy (non-hydrogen) atoms. The van der Waals surface area contributed by atoms with E-state index in [4.69, 9.17) is 9.31 Å². The van der Waals surface area contributed by atoms with E-state index in [0.29, 0.717) is 0 Å². The van der Waals surface area contributed by atoms with Gasteiger partial charge in [-0.3, -0.25) is 0 Å². The Morgan fingerprint density at radius 2 is 1.43 bits per heavy atom. The highest BCUT2D eigenvalue weighted by Crippen LogP contribution is 2.42. The molecule has 0 atom stereocenters. The van der Waals surface area contributed by atoms with Crippen molar-refractivity contribution in [3.05, 3.63) is 41.4 Å². The molecule has 114 valence electrons. The molecule has 0 spiro atoms. The standard InChI is InChI=1S/C18H27BO2/c1-16(2,3)15(13-14-11-9-8-10-12-14)19-20-17(4,5)18(6,7)21-19/h8-13H,1-7H3. The van der Waals surface area contributed by atoms with Crippen molar-refractivity contribution >= 4 is 13.2 Å². The van der Waals surface area contributed by atoms with E-state index < -0.39 is 0 Å². The predicted octanol–water partition coefficient (Wildman–Crippen LogP) is 4.75. The number of rotatable bonds is 2. The molecule has 1 saturated heterocycles. The molecule has 1 aliphatic heterocycles. The minimum absolute atomic E-state index is 0.0169. The van der Waals surface area contributed by atoms with E-state index in [2.05, 4.69) is 78.8 Å². The van der Waals surface area contributed by atoms with Gasteiger partial charge in [0.2, 0.25) is 0 Å². The van der Waals surface area contributed by atoms with Gasteiger partial charge in [0.1, 0.15) is 0 Å². The van der Waals surface area contributed by atoms with Crippen LogP contribution in [0.25, 0.3) is 6.08 Å². The van der Waals surface area contributed by atoms with Gasteiger partial charge >= 0.3 is 7.12 Å². The topological polar surface area (TPSA) is 18.5 Å². The lowest BCUT2D eigenvalue weighted by Crippen LogP contribution is -2.41. The van der Waals surface area contributed by atoms with E-state index in [1.54, 1.807) is 0 Å². The average Bonchev–Trinajstić information content (AvgIpc) is 2.55. The van der Waals surface area contributed by atoms with Crippen molar-refractivity contribution in [2.75, 3.05) is 0 Å². The molecular weight excluding hydrogens is 259 g/mol. The monoisotopic (exact) mass is 286 g/mol. The van der Waals surface area contributed by atoms with Crippen LogP contribution in [-0.2, 0) is 9.31 Å². The Balaban J connectivity index is 2.38. The molecule has 1 fully saturated rings. The number of hydrogen-bond acceptors (Lipinski definition) is 2. The molecule has 2 nitrogen and oxygen atoms in total. The summed E-state index contributed by atoms with van der Waals surface area (Å²) in [4.78, 5) is 0. The van der Waals surface area contributed by atoms with Gasteiger partial charge in [-0.25, -0.2) is 0 Å². The van der Waals surface area contributed by atoms with E-state index in [1.807, 2.05) is 6.07 Å². The molecule has 1 heterocycles. The van der Waals surface area contributed by atoms with Gasteiger partial charge in [0.05, 0.1) is 11.2 Å². The van der Waals surface area contributed by atoms with Gasteiger partial charge in [-0.05, 0) is 44.1 Å². The van der Waals surface area contributed by atoms with Gasteiger partial charge in [0.25, 0.3) is 0 Å². The predicted molar refractivity (Wildman–Crippen MR) is 90.0 cm³/mol.